The van der Waals surface area contributed by atoms with Crippen LogP contribution in [0, 0.1) is 10.1 Å². The molecule has 0 unspecified atom stereocenters. The Balaban J connectivity index is 2.36. The van der Waals surface area contributed by atoms with Gasteiger partial charge in [0, 0.05) is 19.2 Å². The van der Waals surface area contributed by atoms with Crippen LogP contribution in [0.3, 0.4) is 0 Å². The van der Waals surface area contributed by atoms with E-state index in [0.717, 1.165) is 25.2 Å². The van der Waals surface area contributed by atoms with E-state index in [4.69, 9.17) is 0 Å². The predicted molar refractivity (Wildman–Crippen MR) is 49.9 cm³/mol. The molecular weight excluding hydrogens is 168 g/mol. The lowest BCUT2D eigenvalue weighted by Gasteiger charge is -2.32. The summed E-state index contributed by atoms with van der Waals surface area (Å²) in [6, 6.07) is 6.88. The molecule has 1 aliphatic heterocycles. The maximum absolute atomic E-state index is 10.6. The van der Waals surface area contributed by atoms with E-state index >= 15 is 0 Å². The zero-order chi connectivity index (χ0) is 9.26. The van der Waals surface area contributed by atoms with E-state index in [9.17, 15) is 10.1 Å². The monoisotopic (exact) mass is 178 g/mol. The molecule has 1 fully saturated rings. The van der Waals surface area contributed by atoms with Crippen LogP contribution in [-0.2, 0) is 0 Å². The first-order valence-electron chi connectivity index (χ1n) is 4.27. The van der Waals surface area contributed by atoms with Crippen molar-refractivity contribution in [2.75, 3.05) is 18.0 Å². The van der Waals surface area contributed by atoms with Gasteiger partial charge in [0.1, 0.15) is 5.69 Å². The molecule has 0 spiro atoms. The maximum Gasteiger partial charge on any atom is 0.292 e. The fourth-order valence-electron chi connectivity index (χ4n) is 1.44. The van der Waals surface area contributed by atoms with E-state index in [-0.39, 0.29) is 10.6 Å². The van der Waals surface area contributed by atoms with Crippen molar-refractivity contribution in [1.82, 2.24) is 0 Å². The summed E-state index contributed by atoms with van der Waals surface area (Å²) in [6.45, 7) is 1.87. The lowest BCUT2D eigenvalue weighted by Crippen LogP contribution is -2.37. The van der Waals surface area contributed by atoms with Crippen molar-refractivity contribution < 1.29 is 4.92 Å². The van der Waals surface area contributed by atoms with Crippen molar-refractivity contribution in [2.45, 2.75) is 6.42 Å². The number of hydrogen-bond acceptors (Lipinski definition) is 3. The Morgan fingerprint density at radius 2 is 2.00 bits per heavy atom. The summed E-state index contributed by atoms with van der Waals surface area (Å²) < 4.78 is 0. The van der Waals surface area contributed by atoms with E-state index in [1.807, 2.05) is 11.0 Å². The fraction of sp³-hybridized carbons (Fsp3) is 0.333. The molecular formula is C9H10N2O2. The average Bonchev–Trinajstić information content (AvgIpc) is 2.02. The molecule has 1 heterocycles. The molecule has 68 valence electrons. The molecule has 4 heteroatoms. The molecule has 0 amide bonds. The summed E-state index contributed by atoms with van der Waals surface area (Å²) in [5.74, 6) is 0. The van der Waals surface area contributed by atoms with Crippen LogP contribution in [0.2, 0.25) is 0 Å². The lowest BCUT2D eigenvalue weighted by atomic mass is 10.1. The molecule has 13 heavy (non-hydrogen) atoms. The van der Waals surface area contributed by atoms with Crippen molar-refractivity contribution in [3.63, 3.8) is 0 Å². The second-order valence-corrected chi connectivity index (χ2v) is 3.09. The maximum atomic E-state index is 10.6. The SMILES string of the molecule is O=[N+]([O-])c1ccccc1N1CCC1. The molecule has 1 saturated heterocycles. The predicted octanol–water partition coefficient (Wildman–Crippen LogP) is 1.80. The molecule has 0 aliphatic carbocycles. The molecule has 0 saturated carbocycles. The van der Waals surface area contributed by atoms with E-state index in [1.165, 1.54) is 0 Å². The van der Waals surface area contributed by atoms with Crippen LogP contribution < -0.4 is 4.90 Å². The zero-order valence-electron chi connectivity index (χ0n) is 7.14. The van der Waals surface area contributed by atoms with Gasteiger partial charge in [0.25, 0.3) is 5.69 Å². The van der Waals surface area contributed by atoms with Gasteiger partial charge in [0.2, 0.25) is 0 Å². The minimum atomic E-state index is -0.326. The van der Waals surface area contributed by atoms with E-state index in [1.54, 1.807) is 18.2 Å². The van der Waals surface area contributed by atoms with Gasteiger partial charge in [-0.05, 0) is 12.5 Å². The summed E-state index contributed by atoms with van der Waals surface area (Å²) in [5, 5.41) is 10.6. The molecule has 0 atom stereocenters. The van der Waals surface area contributed by atoms with Crippen molar-refractivity contribution in [3.05, 3.63) is 34.4 Å². The Morgan fingerprint density at radius 3 is 2.54 bits per heavy atom. The van der Waals surface area contributed by atoms with Crippen LogP contribution in [-0.4, -0.2) is 18.0 Å². The minimum absolute atomic E-state index is 0.210. The topological polar surface area (TPSA) is 46.4 Å². The van der Waals surface area contributed by atoms with Gasteiger partial charge in [0.05, 0.1) is 4.92 Å². The highest BCUT2D eigenvalue weighted by atomic mass is 16.6. The van der Waals surface area contributed by atoms with Crippen LogP contribution >= 0.6 is 0 Å². The van der Waals surface area contributed by atoms with Gasteiger partial charge in [-0.3, -0.25) is 10.1 Å². The Morgan fingerprint density at radius 1 is 1.31 bits per heavy atom. The second-order valence-electron chi connectivity index (χ2n) is 3.09. The van der Waals surface area contributed by atoms with E-state index in [2.05, 4.69) is 0 Å². The highest BCUT2D eigenvalue weighted by Gasteiger charge is 2.22. The van der Waals surface area contributed by atoms with Gasteiger partial charge in [-0.25, -0.2) is 0 Å². The molecule has 0 N–H and O–H groups in total. The number of anilines is 1. The van der Waals surface area contributed by atoms with Crippen molar-refractivity contribution >= 4 is 11.4 Å². The number of nitro benzene ring substituents is 1. The van der Waals surface area contributed by atoms with Crippen LogP contribution in [0.1, 0.15) is 6.42 Å². The van der Waals surface area contributed by atoms with Gasteiger partial charge in [-0.2, -0.15) is 0 Å². The highest BCUT2D eigenvalue weighted by molar-refractivity contribution is 5.63. The second kappa shape index (κ2) is 3.05. The van der Waals surface area contributed by atoms with Gasteiger partial charge < -0.3 is 4.90 Å². The third-order valence-electron chi connectivity index (χ3n) is 2.28. The van der Waals surface area contributed by atoms with Crippen molar-refractivity contribution in [2.24, 2.45) is 0 Å². The third-order valence-corrected chi connectivity index (χ3v) is 2.28. The normalized spacial score (nSPS) is 15.2. The first-order valence-corrected chi connectivity index (χ1v) is 4.27. The Kier molecular flexibility index (Phi) is 1.88. The first kappa shape index (κ1) is 8.04. The largest absolute Gasteiger partial charge is 0.366 e. The minimum Gasteiger partial charge on any atom is -0.366 e. The van der Waals surface area contributed by atoms with Crippen LogP contribution in [0.15, 0.2) is 24.3 Å². The Bertz CT molecular complexity index is 334. The molecule has 2 rings (SSSR count). The van der Waals surface area contributed by atoms with Crippen LogP contribution in [0.25, 0.3) is 0 Å². The summed E-state index contributed by atoms with van der Waals surface area (Å²) >= 11 is 0. The third kappa shape index (κ3) is 1.35. The Hall–Kier alpha value is -1.58. The number of benzene rings is 1. The quantitative estimate of drug-likeness (QED) is 0.512. The highest BCUT2D eigenvalue weighted by Crippen LogP contribution is 2.30. The number of nitro groups is 1. The average molecular weight is 178 g/mol. The lowest BCUT2D eigenvalue weighted by molar-refractivity contribution is -0.384. The molecule has 1 aromatic rings. The molecule has 0 bridgehead atoms. The van der Waals surface area contributed by atoms with E-state index < -0.39 is 0 Å². The first-order chi connectivity index (χ1) is 6.29. The Labute approximate surface area is 75.9 Å². The zero-order valence-corrected chi connectivity index (χ0v) is 7.14. The van der Waals surface area contributed by atoms with Gasteiger partial charge >= 0.3 is 0 Å². The molecule has 0 aromatic heterocycles. The molecule has 1 aromatic carbocycles. The fourth-order valence-corrected chi connectivity index (χ4v) is 1.44. The van der Waals surface area contributed by atoms with Gasteiger partial charge in [0.15, 0.2) is 0 Å². The number of rotatable bonds is 2. The summed E-state index contributed by atoms with van der Waals surface area (Å²) in [7, 11) is 0. The summed E-state index contributed by atoms with van der Waals surface area (Å²) in [6.07, 6.45) is 1.13. The summed E-state index contributed by atoms with van der Waals surface area (Å²) in [5.41, 5.74) is 0.959. The van der Waals surface area contributed by atoms with Crippen LogP contribution in [0.5, 0.6) is 0 Å². The van der Waals surface area contributed by atoms with Crippen molar-refractivity contribution in [1.29, 1.82) is 0 Å². The number of hydrogen-bond donors (Lipinski definition) is 0. The number of para-hydroxylation sites is 2. The van der Waals surface area contributed by atoms with Gasteiger partial charge in [-0.1, -0.05) is 12.1 Å². The molecule has 0 radical (unpaired) electrons. The smallest absolute Gasteiger partial charge is 0.292 e. The molecule has 4 nitrogen and oxygen atoms in total. The summed E-state index contributed by atoms with van der Waals surface area (Å²) in [4.78, 5) is 12.3. The van der Waals surface area contributed by atoms with E-state index in [0.29, 0.717) is 0 Å². The molecule has 1 aliphatic rings. The number of nitrogens with zero attached hydrogens (tertiary/aromatic N) is 2. The van der Waals surface area contributed by atoms with Gasteiger partial charge in [-0.15, -0.1) is 0 Å². The van der Waals surface area contributed by atoms with Crippen LogP contribution in [0.4, 0.5) is 11.4 Å². The van der Waals surface area contributed by atoms with Crippen molar-refractivity contribution in [3.8, 4) is 0 Å². The standard InChI is InChI=1S/C9H10N2O2/c12-11(13)9-5-2-1-4-8(9)10-6-3-7-10/h1-2,4-5H,3,6-7H2.